The number of ether oxygens (including phenoxy) is 1. The van der Waals surface area contributed by atoms with E-state index in [-0.39, 0.29) is 6.61 Å². The van der Waals surface area contributed by atoms with Crippen LogP contribution in [0.4, 0.5) is 10.2 Å². The van der Waals surface area contributed by atoms with Crippen LogP contribution in [0.15, 0.2) is 23.6 Å². The Morgan fingerprint density at radius 1 is 1.79 bits per heavy atom. The molecule has 0 amide bonds. The van der Waals surface area contributed by atoms with Crippen molar-refractivity contribution in [3.05, 3.63) is 35.2 Å². The van der Waals surface area contributed by atoms with Crippen LogP contribution in [0.5, 0.6) is 0 Å². The maximum atomic E-state index is 13.4. The highest BCUT2D eigenvalue weighted by atomic mass is 19.1. The van der Waals surface area contributed by atoms with Crippen molar-refractivity contribution in [3.63, 3.8) is 0 Å². The molecule has 104 valence electrons. The number of hydrogen-bond acceptors (Lipinski definition) is 6. The first-order chi connectivity index (χ1) is 8.95. The van der Waals surface area contributed by atoms with Gasteiger partial charge in [-0.15, -0.1) is 6.58 Å². The Morgan fingerprint density at radius 2 is 2.47 bits per heavy atom. The van der Waals surface area contributed by atoms with Crippen LogP contribution < -0.4 is 11.4 Å². The Kier molecular flexibility index (Phi) is 3.40. The summed E-state index contributed by atoms with van der Waals surface area (Å²) in [4.78, 5) is 15.0. The van der Waals surface area contributed by atoms with E-state index in [0.29, 0.717) is 0 Å². The first-order valence-electron chi connectivity index (χ1n) is 5.56. The van der Waals surface area contributed by atoms with Crippen LogP contribution in [0, 0.1) is 5.82 Å². The van der Waals surface area contributed by atoms with Crippen LogP contribution >= 0.6 is 0 Å². The number of nitrogens with two attached hydrogens (primary N) is 1. The molecule has 0 aromatic carbocycles. The zero-order chi connectivity index (χ0) is 14.2. The minimum Gasteiger partial charge on any atom is -0.393 e. The summed E-state index contributed by atoms with van der Waals surface area (Å²) in [5.41, 5.74) is 3.00. The van der Waals surface area contributed by atoms with E-state index in [9.17, 15) is 19.4 Å². The molecule has 1 aromatic rings. The number of nitrogen functional groups attached to an aromatic ring is 1. The molecule has 7 nitrogen and oxygen atoms in total. The number of anilines is 1. The molecule has 1 saturated heterocycles. The molecule has 4 N–H and O–H groups in total. The van der Waals surface area contributed by atoms with Gasteiger partial charge in [0.2, 0.25) is 0 Å². The molecule has 1 aromatic heterocycles. The third-order valence-electron chi connectivity index (χ3n) is 3.27. The van der Waals surface area contributed by atoms with Crippen LogP contribution in [0.25, 0.3) is 0 Å². The summed E-state index contributed by atoms with van der Waals surface area (Å²) >= 11 is 0. The predicted octanol–water partition coefficient (Wildman–Crippen LogP) is -1.19. The van der Waals surface area contributed by atoms with Crippen molar-refractivity contribution >= 4 is 5.82 Å². The largest absolute Gasteiger partial charge is 0.393 e. The lowest BCUT2D eigenvalue weighted by atomic mass is 9.95. The molecule has 0 aliphatic carbocycles. The Labute approximate surface area is 107 Å². The zero-order valence-corrected chi connectivity index (χ0v) is 9.99. The smallest absolute Gasteiger partial charge is 0.350 e. The molecule has 3 atom stereocenters. The minimum atomic E-state index is -1.37. The molecule has 0 unspecified atom stereocenters. The van der Waals surface area contributed by atoms with Crippen molar-refractivity contribution in [3.8, 4) is 0 Å². The van der Waals surface area contributed by atoms with Crippen molar-refractivity contribution in [2.75, 3.05) is 18.9 Å². The summed E-state index contributed by atoms with van der Waals surface area (Å²) in [5.74, 6) is -1.38. The third kappa shape index (κ3) is 2.03. The van der Waals surface area contributed by atoms with E-state index in [1.807, 2.05) is 0 Å². The molecule has 1 aliphatic heterocycles. The number of hydrogen-bond donors (Lipinski definition) is 3. The van der Waals surface area contributed by atoms with Gasteiger partial charge in [-0.1, -0.05) is 6.08 Å². The molecule has 19 heavy (non-hydrogen) atoms. The molecule has 1 fully saturated rings. The molecule has 2 rings (SSSR count). The summed E-state index contributed by atoms with van der Waals surface area (Å²) in [6.07, 6.45) is 0.861. The fraction of sp³-hybridized carbons (Fsp3) is 0.455. The Hall–Kier alpha value is -1.77. The van der Waals surface area contributed by atoms with Gasteiger partial charge < -0.3 is 20.7 Å². The summed E-state index contributed by atoms with van der Waals surface area (Å²) in [6.45, 7) is 2.89. The molecule has 0 radical (unpaired) electrons. The summed E-state index contributed by atoms with van der Waals surface area (Å²) in [5, 5.41) is 19.4. The van der Waals surface area contributed by atoms with Gasteiger partial charge in [0, 0.05) is 6.20 Å². The average molecular weight is 271 g/mol. The summed E-state index contributed by atoms with van der Waals surface area (Å²) < 4.78 is 19.5. The Balaban J connectivity index is 2.42. The molecule has 0 spiro atoms. The van der Waals surface area contributed by atoms with E-state index in [0.717, 1.165) is 10.8 Å². The molecule has 1 aliphatic rings. The van der Waals surface area contributed by atoms with Gasteiger partial charge in [0.1, 0.15) is 11.7 Å². The van der Waals surface area contributed by atoms with Crippen LogP contribution in [0.3, 0.4) is 0 Å². The van der Waals surface area contributed by atoms with E-state index < -0.39 is 41.7 Å². The van der Waals surface area contributed by atoms with Gasteiger partial charge in [0.15, 0.2) is 11.6 Å². The van der Waals surface area contributed by atoms with E-state index in [1.165, 1.54) is 6.08 Å². The highest BCUT2D eigenvalue weighted by Gasteiger charge is 2.48. The first kappa shape index (κ1) is 13.7. The maximum absolute atomic E-state index is 13.4. The number of nitrogens with zero attached hydrogens (tertiary/aromatic N) is 2. The highest BCUT2D eigenvalue weighted by molar-refractivity contribution is 5.27. The zero-order valence-electron chi connectivity index (χ0n) is 9.99. The monoisotopic (exact) mass is 271 g/mol. The van der Waals surface area contributed by atoms with Gasteiger partial charge in [-0.25, -0.2) is 9.18 Å². The second kappa shape index (κ2) is 4.72. The van der Waals surface area contributed by atoms with E-state index in [4.69, 9.17) is 10.5 Å². The summed E-state index contributed by atoms with van der Waals surface area (Å²) in [7, 11) is 0. The Bertz CT molecular complexity index is 561. The lowest BCUT2D eigenvalue weighted by Crippen LogP contribution is -2.45. The molecular weight excluding hydrogens is 257 g/mol. The normalized spacial score (nSPS) is 30.5. The van der Waals surface area contributed by atoms with Gasteiger partial charge in [-0.3, -0.25) is 4.57 Å². The average Bonchev–Trinajstić information content (AvgIpc) is 2.72. The third-order valence-corrected chi connectivity index (χ3v) is 3.27. The highest BCUT2D eigenvalue weighted by Crippen LogP contribution is 2.33. The van der Waals surface area contributed by atoms with Crippen LogP contribution in [0.1, 0.15) is 6.04 Å². The number of aliphatic hydroxyl groups excluding tert-OH is 2. The quantitative estimate of drug-likeness (QED) is 0.596. The van der Waals surface area contributed by atoms with Crippen molar-refractivity contribution in [1.29, 1.82) is 0 Å². The van der Waals surface area contributed by atoms with Crippen molar-refractivity contribution < 1.29 is 19.3 Å². The van der Waals surface area contributed by atoms with Crippen molar-refractivity contribution in [2.24, 2.45) is 0 Å². The Morgan fingerprint density at radius 3 is 3.00 bits per heavy atom. The lowest BCUT2D eigenvalue weighted by Gasteiger charge is -2.27. The van der Waals surface area contributed by atoms with E-state index in [1.54, 1.807) is 0 Å². The predicted molar refractivity (Wildman–Crippen MR) is 63.9 cm³/mol. The number of halogens is 1. The molecule has 0 saturated carbocycles. The maximum Gasteiger partial charge on any atom is 0.350 e. The standard InChI is InChI=1S/C11H14FN3O4/c1-2-11(5-16)8(17)7(4-19-11)15-3-6(12)9(13)14-10(15)18/h2-3,7-8,16-17H,1,4-5H2,(H2,13,14,18)/t7-,8+,11-/m1/s1. The van der Waals surface area contributed by atoms with Crippen molar-refractivity contribution in [2.45, 2.75) is 17.7 Å². The number of aromatic nitrogens is 2. The van der Waals surface area contributed by atoms with Crippen LogP contribution in [-0.4, -0.2) is 44.7 Å². The van der Waals surface area contributed by atoms with Crippen LogP contribution in [-0.2, 0) is 4.74 Å². The fourth-order valence-corrected chi connectivity index (χ4v) is 2.05. The fourth-order valence-electron chi connectivity index (χ4n) is 2.05. The molecule has 0 bridgehead atoms. The van der Waals surface area contributed by atoms with Gasteiger partial charge in [-0.05, 0) is 0 Å². The van der Waals surface area contributed by atoms with Gasteiger partial charge in [-0.2, -0.15) is 4.98 Å². The van der Waals surface area contributed by atoms with Gasteiger partial charge in [0.05, 0.1) is 19.3 Å². The van der Waals surface area contributed by atoms with E-state index >= 15 is 0 Å². The topological polar surface area (TPSA) is 111 Å². The molecule has 8 heteroatoms. The number of aliphatic hydroxyl groups is 2. The SMILES string of the molecule is C=C[C@]1(CO)OC[C@@H](n2cc(F)c(N)nc2=O)[C@@H]1O. The minimum absolute atomic E-state index is 0.0846. The second-order valence-corrected chi connectivity index (χ2v) is 4.30. The molecule has 2 heterocycles. The number of rotatable bonds is 3. The second-order valence-electron chi connectivity index (χ2n) is 4.30. The van der Waals surface area contributed by atoms with E-state index in [2.05, 4.69) is 11.6 Å². The van der Waals surface area contributed by atoms with Gasteiger partial charge in [0.25, 0.3) is 0 Å². The van der Waals surface area contributed by atoms with Gasteiger partial charge >= 0.3 is 5.69 Å². The van der Waals surface area contributed by atoms with Crippen LogP contribution in [0.2, 0.25) is 0 Å². The lowest BCUT2D eigenvalue weighted by molar-refractivity contribution is -0.0566. The first-order valence-corrected chi connectivity index (χ1v) is 5.56. The van der Waals surface area contributed by atoms with Crippen molar-refractivity contribution in [1.82, 2.24) is 9.55 Å². The molecular formula is C11H14FN3O4. The summed E-state index contributed by atoms with van der Waals surface area (Å²) in [6, 6.07) is -0.875.